The van der Waals surface area contributed by atoms with Gasteiger partial charge >= 0.3 is 5.97 Å². The lowest BCUT2D eigenvalue weighted by Gasteiger charge is -2.15. The third kappa shape index (κ3) is 2.61. The first kappa shape index (κ1) is 13.6. The Hall–Kier alpha value is -2.83. The summed E-state index contributed by atoms with van der Waals surface area (Å²) in [4.78, 5) is 24.1. The maximum absolute atomic E-state index is 12.1. The molecule has 7 heteroatoms. The zero-order chi connectivity index (χ0) is 14.7. The van der Waals surface area contributed by atoms with Gasteiger partial charge in [0.25, 0.3) is 5.91 Å². The number of carboxylic acids is 1. The van der Waals surface area contributed by atoms with Crippen LogP contribution in [0.4, 0.5) is 5.69 Å². The quantitative estimate of drug-likeness (QED) is 0.912. The van der Waals surface area contributed by atoms with Gasteiger partial charge in [-0.2, -0.15) is 0 Å². The van der Waals surface area contributed by atoms with Gasteiger partial charge in [-0.05, 0) is 24.3 Å². The first-order valence-electron chi connectivity index (χ1n) is 5.65. The van der Waals surface area contributed by atoms with Crippen molar-refractivity contribution in [2.45, 2.75) is 0 Å². The topological polar surface area (TPSA) is 92.9 Å². The van der Waals surface area contributed by atoms with E-state index in [1.54, 1.807) is 38.4 Å². The van der Waals surface area contributed by atoms with Gasteiger partial charge in [0.2, 0.25) is 5.76 Å². The van der Waals surface area contributed by atoms with Crippen LogP contribution in [0.15, 0.2) is 34.9 Å². The third-order valence-corrected chi connectivity index (χ3v) is 2.70. The lowest BCUT2D eigenvalue weighted by Crippen LogP contribution is -2.26. The van der Waals surface area contributed by atoms with Crippen LogP contribution in [-0.4, -0.2) is 36.3 Å². The van der Waals surface area contributed by atoms with E-state index in [1.165, 1.54) is 4.90 Å². The summed E-state index contributed by atoms with van der Waals surface area (Å²) in [5.74, 6) is -1.45. The summed E-state index contributed by atoms with van der Waals surface area (Å²) in [5.41, 5.74) is 0.552. The molecule has 0 aliphatic carbocycles. The van der Waals surface area contributed by atoms with Crippen LogP contribution in [0.5, 0.6) is 5.75 Å². The third-order valence-electron chi connectivity index (χ3n) is 2.70. The van der Waals surface area contributed by atoms with Crippen molar-refractivity contribution in [3.05, 3.63) is 41.8 Å². The van der Waals surface area contributed by atoms with Crippen LogP contribution < -0.4 is 9.64 Å². The monoisotopic (exact) mass is 276 g/mol. The van der Waals surface area contributed by atoms with Gasteiger partial charge in [-0.3, -0.25) is 4.79 Å². The van der Waals surface area contributed by atoms with E-state index < -0.39 is 11.9 Å². The number of hydrogen-bond donors (Lipinski definition) is 1. The second kappa shape index (κ2) is 5.43. The van der Waals surface area contributed by atoms with Gasteiger partial charge in [0.05, 0.1) is 7.11 Å². The molecule has 0 aliphatic heterocycles. The predicted molar refractivity (Wildman–Crippen MR) is 69.2 cm³/mol. The van der Waals surface area contributed by atoms with Crippen LogP contribution in [0.2, 0.25) is 0 Å². The van der Waals surface area contributed by atoms with E-state index in [1.807, 2.05) is 0 Å². The summed E-state index contributed by atoms with van der Waals surface area (Å²) >= 11 is 0. The molecule has 0 aliphatic rings. The Balaban J connectivity index is 2.20. The molecule has 7 nitrogen and oxygen atoms in total. The second-order valence-corrected chi connectivity index (χ2v) is 3.94. The van der Waals surface area contributed by atoms with Crippen LogP contribution in [-0.2, 0) is 0 Å². The molecule has 2 aromatic rings. The normalized spacial score (nSPS) is 10.1. The molecule has 0 bridgehead atoms. The molecule has 0 saturated heterocycles. The molecule has 0 unspecified atom stereocenters. The molecule has 2 rings (SSSR count). The molecule has 0 saturated carbocycles. The fourth-order valence-electron chi connectivity index (χ4n) is 1.57. The number of hydrogen-bond acceptors (Lipinski definition) is 5. The van der Waals surface area contributed by atoms with E-state index in [4.69, 9.17) is 9.84 Å². The molecule has 1 heterocycles. The number of anilines is 1. The number of nitrogens with zero attached hydrogens (tertiary/aromatic N) is 2. The van der Waals surface area contributed by atoms with Gasteiger partial charge in [-0.15, -0.1) is 0 Å². The Labute approximate surface area is 114 Å². The second-order valence-electron chi connectivity index (χ2n) is 3.94. The minimum atomic E-state index is -1.27. The minimum Gasteiger partial charge on any atom is -0.497 e. The number of aromatic carboxylic acids is 1. The molecule has 20 heavy (non-hydrogen) atoms. The van der Waals surface area contributed by atoms with E-state index >= 15 is 0 Å². The number of carbonyl (C=O) groups excluding carboxylic acids is 1. The first-order chi connectivity index (χ1) is 9.52. The lowest BCUT2D eigenvalue weighted by molar-refractivity contribution is 0.0651. The van der Waals surface area contributed by atoms with E-state index in [0.29, 0.717) is 11.4 Å². The smallest absolute Gasteiger partial charge is 0.374 e. The molecule has 1 N–H and O–H groups in total. The maximum Gasteiger partial charge on any atom is 0.374 e. The van der Waals surface area contributed by atoms with Crippen molar-refractivity contribution < 1.29 is 24.0 Å². The standard InChI is InChI=1S/C13H12N2O5/c1-15(8-3-5-9(19-2)6-4-8)12(16)10-7-11(13(17)18)20-14-10/h3-7H,1-2H3,(H,17,18). The largest absolute Gasteiger partial charge is 0.497 e. The Bertz CT molecular complexity index is 632. The van der Waals surface area contributed by atoms with Crippen LogP contribution in [0.1, 0.15) is 21.0 Å². The number of ether oxygens (including phenoxy) is 1. The van der Waals surface area contributed by atoms with Crippen molar-refractivity contribution in [1.82, 2.24) is 5.16 Å². The fraction of sp³-hybridized carbons (Fsp3) is 0.154. The summed E-state index contributed by atoms with van der Waals surface area (Å²) in [7, 11) is 3.10. The molecule has 104 valence electrons. The summed E-state index contributed by atoms with van der Waals surface area (Å²) in [6, 6.07) is 7.92. The van der Waals surface area contributed by atoms with E-state index in [9.17, 15) is 9.59 Å². The van der Waals surface area contributed by atoms with Crippen molar-refractivity contribution in [1.29, 1.82) is 0 Å². The average Bonchev–Trinajstić information content (AvgIpc) is 2.96. The van der Waals surface area contributed by atoms with Crippen LogP contribution in [0.3, 0.4) is 0 Å². The van der Waals surface area contributed by atoms with E-state index in [0.717, 1.165) is 6.07 Å². The highest BCUT2D eigenvalue weighted by Gasteiger charge is 2.20. The van der Waals surface area contributed by atoms with E-state index in [-0.39, 0.29) is 11.5 Å². The molecule has 1 aromatic heterocycles. The minimum absolute atomic E-state index is 0.0688. The van der Waals surface area contributed by atoms with Gasteiger partial charge in [0.1, 0.15) is 5.75 Å². The number of carbonyl (C=O) groups is 2. The lowest BCUT2D eigenvalue weighted by atomic mass is 10.2. The number of amides is 1. The molecule has 0 spiro atoms. The first-order valence-corrected chi connectivity index (χ1v) is 5.65. The summed E-state index contributed by atoms with van der Waals surface area (Å²) in [5, 5.41) is 12.2. The fourth-order valence-corrected chi connectivity index (χ4v) is 1.57. The predicted octanol–water partition coefficient (Wildman–Crippen LogP) is 1.66. The summed E-state index contributed by atoms with van der Waals surface area (Å²) < 4.78 is 9.58. The van der Waals surface area contributed by atoms with Crippen LogP contribution >= 0.6 is 0 Å². The molecule has 0 fully saturated rings. The number of benzene rings is 1. The molecule has 1 amide bonds. The number of aromatic nitrogens is 1. The number of rotatable bonds is 4. The van der Waals surface area contributed by atoms with Crippen molar-refractivity contribution >= 4 is 17.6 Å². The van der Waals surface area contributed by atoms with E-state index in [2.05, 4.69) is 9.68 Å². The Kier molecular flexibility index (Phi) is 3.69. The Morgan fingerprint density at radius 3 is 2.45 bits per heavy atom. The zero-order valence-corrected chi connectivity index (χ0v) is 10.9. The maximum atomic E-state index is 12.1. The number of methoxy groups -OCH3 is 1. The highest BCUT2D eigenvalue weighted by molar-refractivity contribution is 6.05. The molecule has 1 aromatic carbocycles. The highest BCUT2D eigenvalue weighted by Crippen LogP contribution is 2.19. The Morgan fingerprint density at radius 1 is 1.30 bits per heavy atom. The SMILES string of the molecule is COc1ccc(N(C)C(=O)c2cc(C(=O)O)on2)cc1. The van der Waals surface area contributed by atoms with Crippen molar-refractivity contribution in [2.75, 3.05) is 19.1 Å². The van der Waals surface area contributed by atoms with Crippen molar-refractivity contribution in [2.24, 2.45) is 0 Å². The van der Waals surface area contributed by atoms with Gasteiger partial charge in [0, 0.05) is 18.8 Å². The summed E-state index contributed by atoms with van der Waals surface area (Å²) in [6.07, 6.45) is 0. The summed E-state index contributed by atoms with van der Waals surface area (Å²) in [6.45, 7) is 0. The molecular formula is C13H12N2O5. The molecule has 0 radical (unpaired) electrons. The van der Waals surface area contributed by atoms with Crippen molar-refractivity contribution in [3.63, 3.8) is 0 Å². The van der Waals surface area contributed by atoms with Crippen molar-refractivity contribution in [3.8, 4) is 5.75 Å². The van der Waals surface area contributed by atoms with Gasteiger partial charge in [0.15, 0.2) is 5.69 Å². The van der Waals surface area contributed by atoms with Gasteiger partial charge in [-0.25, -0.2) is 4.79 Å². The van der Waals surface area contributed by atoms with Crippen LogP contribution in [0.25, 0.3) is 0 Å². The highest BCUT2D eigenvalue weighted by atomic mass is 16.5. The zero-order valence-electron chi connectivity index (χ0n) is 10.9. The molecular weight excluding hydrogens is 264 g/mol. The van der Waals surface area contributed by atoms with Gasteiger partial charge in [-0.1, -0.05) is 5.16 Å². The average molecular weight is 276 g/mol. The van der Waals surface area contributed by atoms with Gasteiger partial charge < -0.3 is 19.3 Å². The molecule has 0 atom stereocenters. The number of carboxylic acid groups (broad SMARTS) is 1. The Morgan fingerprint density at radius 2 is 1.95 bits per heavy atom. The van der Waals surface area contributed by atoms with Crippen LogP contribution in [0, 0.1) is 0 Å².